The van der Waals surface area contributed by atoms with E-state index in [1.54, 1.807) is 6.07 Å². The molecule has 31 heavy (non-hydrogen) atoms. The molecule has 3 heterocycles. The molecule has 1 saturated heterocycles. The summed E-state index contributed by atoms with van der Waals surface area (Å²) in [5, 5.41) is 6.08. The van der Waals surface area contributed by atoms with E-state index in [2.05, 4.69) is 17.1 Å². The van der Waals surface area contributed by atoms with E-state index in [4.69, 9.17) is 37.9 Å². The second-order valence-corrected chi connectivity index (χ2v) is 10.4. The fourth-order valence-electron chi connectivity index (χ4n) is 4.39. The summed E-state index contributed by atoms with van der Waals surface area (Å²) in [6.07, 6.45) is 3.45. The molecule has 0 amide bonds. The molecule has 0 saturated carbocycles. The highest BCUT2D eigenvalue weighted by Crippen LogP contribution is 2.40. The van der Waals surface area contributed by atoms with Gasteiger partial charge in [-0.15, -0.1) is 11.3 Å². The summed E-state index contributed by atoms with van der Waals surface area (Å²) in [4.78, 5) is 14.9. The number of hydrogen-bond acceptors (Lipinski definition) is 6. The molecule has 5 nitrogen and oxygen atoms in total. The van der Waals surface area contributed by atoms with Crippen LogP contribution >= 0.6 is 34.5 Å². The van der Waals surface area contributed by atoms with Crippen molar-refractivity contribution in [1.29, 1.82) is 0 Å². The van der Waals surface area contributed by atoms with Gasteiger partial charge in [-0.25, -0.2) is 9.97 Å². The lowest BCUT2D eigenvalue weighted by atomic mass is 9.89. The molecule has 2 aromatic heterocycles. The predicted molar refractivity (Wildman–Crippen MR) is 128 cm³/mol. The minimum Gasteiger partial charge on any atom is -0.379 e. The Morgan fingerprint density at radius 1 is 1.23 bits per heavy atom. The Bertz CT molecular complexity index is 1100. The second kappa shape index (κ2) is 9.20. The van der Waals surface area contributed by atoms with Crippen LogP contribution in [0.1, 0.15) is 35.2 Å². The topological polar surface area (TPSA) is 50.3 Å². The first-order valence-electron chi connectivity index (χ1n) is 10.9. The van der Waals surface area contributed by atoms with Gasteiger partial charge in [-0.3, -0.25) is 4.90 Å². The SMILES string of the molecule is C[C@H]1CCc2c(sc3nc(CN4CCOCC4)nc(NCc4ccc(Cl)cc4Cl)c23)C1. The number of nitrogens with one attached hydrogen (secondary N) is 1. The number of rotatable bonds is 5. The van der Waals surface area contributed by atoms with Crippen LogP contribution in [0.3, 0.4) is 0 Å². The number of aromatic nitrogens is 2. The maximum absolute atomic E-state index is 6.41. The van der Waals surface area contributed by atoms with Crippen molar-refractivity contribution in [2.45, 2.75) is 39.3 Å². The van der Waals surface area contributed by atoms with Crippen molar-refractivity contribution in [1.82, 2.24) is 14.9 Å². The summed E-state index contributed by atoms with van der Waals surface area (Å²) in [6.45, 7) is 7.06. The number of ether oxygens (including phenoxy) is 1. The molecule has 0 unspecified atom stereocenters. The Labute approximate surface area is 196 Å². The van der Waals surface area contributed by atoms with Crippen LogP contribution in [0.5, 0.6) is 0 Å². The van der Waals surface area contributed by atoms with Gasteiger partial charge in [0.2, 0.25) is 0 Å². The highest BCUT2D eigenvalue weighted by molar-refractivity contribution is 7.19. The molecule has 2 aliphatic rings. The first kappa shape index (κ1) is 21.4. The van der Waals surface area contributed by atoms with E-state index < -0.39 is 0 Å². The van der Waals surface area contributed by atoms with Crippen molar-refractivity contribution < 1.29 is 4.74 Å². The molecular formula is C23H26Cl2N4OS. The summed E-state index contributed by atoms with van der Waals surface area (Å²) in [7, 11) is 0. The van der Waals surface area contributed by atoms with Crippen LogP contribution in [0.25, 0.3) is 10.2 Å². The largest absolute Gasteiger partial charge is 0.379 e. The molecular weight excluding hydrogens is 451 g/mol. The number of morpholine rings is 1. The number of nitrogens with zero attached hydrogens (tertiary/aromatic N) is 3. The van der Waals surface area contributed by atoms with Crippen molar-refractivity contribution >= 4 is 50.6 Å². The van der Waals surface area contributed by atoms with Gasteiger partial charge in [0.05, 0.1) is 25.1 Å². The van der Waals surface area contributed by atoms with Crippen molar-refractivity contribution in [3.8, 4) is 0 Å². The zero-order valence-corrected chi connectivity index (χ0v) is 19.9. The molecule has 164 valence electrons. The molecule has 1 fully saturated rings. The molecule has 8 heteroatoms. The quantitative estimate of drug-likeness (QED) is 0.521. The van der Waals surface area contributed by atoms with Crippen LogP contribution < -0.4 is 5.32 Å². The molecule has 1 aliphatic carbocycles. The molecule has 3 aromatic rings. The minimum atomic E-state index is 0.597. The third-order valence-corrected chi connectivity index (χ3v) is 7.87. The predicted octanol–water partition coefficient (Wildman–Crippen LogP) is 5.57. The van der Waals surface area contributed by atoms with E-state index in [1.165, 1.54) is 22.2 Å². The van der Waals surface area contributed by atoms with Gasteiger partial charge >= 0.3 is 0 Å². The molecule has 1 aromatic carbocycles. The van der Waals surface area contributed by atoms with E-state index in [9.17, 15) is 0 Å². The Hall–Kier alpha value is -1.44. The van der Waals surface area contributed by atoms with Gasteiger partial charge in [-0.2, -0.15) is 0 Å². The molecule has 1 atom stereocenters. The summed E-state index contributed by atoms with van der Waals surface area (Å²) in [5.41, 5.74) is 2.44. The summed E-state index contributed by atoms with van der Waals surface area (Å²) >= 11 is 14.3. The smallest absolute Gasteiger partial charge is 0.146 e. The van der Waals surface area contributed by atoms with Crippen molar-refractivity contribution in [2.75, 3.05) is 31.6 Å². The zero-order valence-electron chi connectivity index (χ0n) is 17.6. The molecule has 5 rings (SSSR count). The van der Waals surface area contributed by atoms with E-state index in [1.807, 2.05) is 23.5 Å². The number of halogens is 2. The van der Waals surface area contributed by atoms with Crippen LogP contribution in [0, 0.1) is 5.92 Å². The normalized spacial score (nSPS) is 19.5. The highest BCUT2D eigenvalue weighted by Gasteiger charge is 2.24. The van der Waals surface area contributed by atoms with Gasteiger partial charge in [-0.05, 0) is 48.4 Å². The highest BCUT2D eigenvalue weighted by atomic mass is 35.5. The number of hydrogen-bond donors (Lipinski definition) is 1. The Kier molecular flexibility index (Phi) is 6.35. The Balaban J connectivity index is 1.49. The second-order valence-electron chi connectivity index (χ2n) is 8.50. The van der Waals surface area contributed by atoms with E-state index in [-0.39, 0.29) is 0 Å². The molecule has 0 radical (unpaired) electrons. The zero-order chi connectivity index (χ0) is 21.4. The van der Waals surface area contributed by atoms with Crippen molar-refractivity contribution in [3.63, 3.8) is 0 Å². The Morgan fingerprint density at radius 3 is 2.87 bits per heavy atom. The van der Waals surface area contributed by atoms with Crippen LogP contribution in [0.4, 0.5) is 5.82 Å². The van der Waals surface area contributed by atoms with Crippen molar-refractivity contribution in [3.05, 3.63) is 50.1 Å². The van der Waals surface area contributed by atoms with Gasteiger partial charge in [-0.1, -0.05) is 36.2 Å². The summed E-state index contributed by atoms with van der Waals surface area (Å²) < 4.78 is 5.49. The number of thiophene rings is 1. The number of anilines is 1. The summed E-state index contributed by atoms with van der Waals surface area (Å²) in [5.74, 6) is 2.52. The minimum absolute atomic E-state index is 0.597. The summed E-state index contributed by atoms with van der Waals surface area (Å²) in [6, 6.07) is 5.63. The van der Waals surface area contributed by atoms with Gasteiger partial charge in [0.1, 0.15) is 16.5 Å². The molecule has 0 bridgehead atoms. The third-order valence-electron chi connectivity index (χ3n) is 6.13. The molecule has 1 N–H and O–H groups in total. The number of fused-ring (bicyclic) bond motifs is 3. The first-order valence-corrected chi connectivity index (χ1v) is 12.4. The monoisotopic (exact) mass is 476 g/mol. The van der Waals surface area contributed by atoms with Crippen LogP contribution in [0.2, 0.25) is 10.0 Å². The van der Waals surface area contributed by atoms with Crippen LogP contribution in [-0.2, 0) is 30.7 Å². The van der Waals surface area contributed by atoms with Gasteiger partial charge in [0, 0.05) is 34.6 Å². The lowest BCUT2D eigenvalue weighted by molar-refractivity contribution is 0.0331. The van der Waals surface area contributed by atoms with E-state index in [0.29, 0.717) is 16.6 Å². The van der Waals surface area contributed by atoms with Gasteiger partial charge in [0.25, 0.3) is 0 Å². The third kappa shape index (κ3) is 4.69. The first-order chi connectivity index (χ1) is 15.1. The average molecular weight is 477 g/mol. The fourth-order valence-corrected chi connectivity index (χ4v) is 6.27. The fraction of sp³-hybridized carbons (Fsp3) is 0.478. The number of benzene rings is 1. The van der Waals surface area contributed by atoms with Crippen LogP contribution in [-0.4, -0.2) is 41.2 Å². The number of aryl methyl sites for hydroxylation is 1. The molecule has 1 aliphatic heterocycles. The van der Waals surface area contributed by atoms with Gasteiger partial charge < -0.3 is 10.1 Å². The maximum Gasteiger partial charge on any atom is 0.146 e. The van der Waals surface area contributed by atoms with E-state index >= 15 is 0 Å². The average Bonchev–Trinajstić information content (AvgIpc) is 3.11. The standard InChI is InChI=1S/C23H26Cl2N4OS/c1-14-2-5-17-19(10-14)31-23-21(17)22(26-12-15-3-4-16(24)11-18(15)25)27-20(28-23)13-29-6-8-30-9-7-29/h3-4,11,14H,2,5-10,12-13H2,1H3,(H,26,27,28)/t14-/m0/s1. The van der Waals surface area contributed by atoms with Crippen LogP contribution in [0.15, 0.2) is 18.2 Å². The van der Waals surface area contributed by atoms with E-state index in [0.717, 1.165) is 73.6 Å². The Morgan fingerprint density at radius 2 is 2.06 bits per heavy atom. The van der Waals surface area contributed by atoms with Gasteiger partial charge in [0.15, 0.2) is 0 Å². The van der Waals surface area contributed by atoms with Crippen molar-refractivity contribution in [2.24, 2.45) is 5.92 Å². The maximum atomic E-state index is 6.41. The molecule has 0 spiro atoms. The lowest BCUT2D eigenvalue weighted by Gasteiger charge is -2.26. The lowest BCUT2D eigenvalue weighted by Crippen LogP contribution is -2.36.